The first-order valence-electron chi connectivity index (χ1n) is 14.0. The first-order chi connectivity index (χ1) is 20.8. The van der Waals surface area contributed by atoms with Crippen molar-refractivity contribution in [1.29, 1.82) is 0 Å². The minimum absolute atomic E-state index is 0.0952. The van der Waals surface area contributed by atoms with Gasteiger partial charge >= 0.3 is 5.97 Å². The van der Waals surface area contributed by atoms with Gasteiger partial charge in [-0.2, -0.15) is 10.2 Å². The molecule has 0 saturated heterocycles. The van der Waals surface area contributed by atoms with Gasteiger partial charge in [-0.05, 0) is 48.4 Å². The van der Waals surface area contributed by atoms with Crippen LogP contribution in [0.3, 0.4) is 0 Å². The van der Waals surface area contributed by atoms with Crippen molar-refractivity contribution < 1.29 is 14.5 Å². The molecular formula is C33H29N5O4S. The molecule has 216 valence electrons. The maximum Gasteiger partial charge on any atom is 0.365 e. The topological polar surface area (TPSA) is 101 Å². The highest BCUT2D eigenvalue weighted by molar-refractivity contribution is 8.16. The van der Waals surface area contributed by atoms with Crippen molar-refractivity contribution in [2.24, 2.45) is 10.2 Å². The third kappa shape index (κ3) is 4.93. The zero-order valence-electron chi connectivity index (χ0n) is 23.9. The standard InChI is InChI=1S/C33H29N5O4S/c1-4-42-32(39)31-35-37(26-13-10-14-27(21-26)38(40)41)33(43-31)29-16-9-8-15-28(29)30(24-19-17-23(18-20-24)22(2)3)34-36(33)25-11-6-5-7-12-25/h5-22H,4H2,1-3H3/t33-/m0/s1. The van der Waals surface area contributed by atoms with Crippen LogP contribution in [0.25, 0.3) is 0 Å². The highest BCUT2D eigenvalue weighted by atomic mass is 32.2. The van der Waals surface area contributed by atoms with Crippen LogP contribution in [0.4, 0.5) is 17.1 Å². The molecule has 0 fully saturated rings. The highest BCUT2D eigenvalue weighted by Crippen LogP contribution is 2.55. The molecule has 0 bridgehead atoms. The normalized spacial score (nSPS) is 17.5. The van der Waals surface area contributed by atoms with Crippen LogP contribution in [0.5, 0.6) is 0 Å². The first-order valence-corrected chi connectivity index (χ1v) is 14.8. The van der Waals surface area contributed by atoms with Gasteiger partial charge in [-0.1, -0.05) is 86.6 Å². The van der Waals surface area contributed by atoms with Gasteiger partial charge in [0.15, 0.2) is 0 Å². The summed E-state index contributed by atoms with van der Waals surface area (Å²) in [7, 11) is 0. The van der Waals surface area contributed by atoms with Gasteiger partial charge in [0.25, 0.3) is 5.69 Å². The number of carbonyl (C=O) groups excluding carboxylic acids is 1. The van der Waals surface area contributed by atoms with E-state index >= 15 is 0 Å². The van der Waals surface area contributed by atoms with Crippen molar-refractivity contribution in [3.63, 3.8) is 0 Å². The number of nitro groups is 1. The third-order valence-corrected chi connectivity index (χ3v) is 8.62. The number of hydrazone groups is 2. The lowest BCUT2D eigenvalue weighted by Crippen LogP contribution is -2.54. The first kappa shape index (κ1) is 28.2. The Balaban J connectivity index is 1.63. The summed E-state index contributed by atoms with van der Waals surface area (Å²) in [5.74, 6) is -0.195. The molecule has 9 nitrogen and oxygen atoms in total. The maximum atomic E-state index is 13.2. The molecule has 0 saturated carbocycles. The average Bonchev–Trinajstić information content (AvgIpc) is 3.43. The second-order valence-corrected chi connectivity index (χ2v) is 11.5. The lowest BCUT2D eigenvalue weighted by molar-refractivity contribution is -0.384. The molecular weight excluding hydrogens is 562 g/mol. The van der Waals surface area contributed by atoms with E-state index < -0.39 is 15.9 Å². The molecule has 10 heteroatoms. The number of carbonyl (C=O) groups is 1. The molecule has 2 aliphatic heterocycles. The second kappa shape index (κ2) is 11.4. The Bertz CT molecular complexity index is 1760. The van der Waals surface area contributed by atoms with Gasteiger partial charge in [-0.3, -0.25) is 10.1 Å². The van der Waals surface area contributed by atoms with Gasteiger partial charge in [0.2, 0.25) is 10.0 Å². The van der Waals surface area contributed by atoms with E-state index in [1.54, 1.807) is 24.1 Å². The smallest absolute Gasteiger partial charge is 0.365 e. The Labute approximate surface area is 253 Å². The zero-order chi connectivity index (χ0) is 30.1. The fraction of sp³-hybridized carbons (Fsp3) is 0.182. The summed E-state index contributed by atoms with van der Waals surface area (Å²) in [4.78, 5) is 23.3. The van der Waals surface area contributed by atoms with E-state index in [-0.39, 0.29) is 17.3 Å². The van der Waals surface area contributed by atoms with Gasteiger partial charge in [0.1, 0.15) is 0 Å². The molecule has 0 amide bonds. The van der Waals surface area contributed by atoms with Gasteiger partial charge in [0.05, 0.1) is 28.6 Å². The zero-order valence-corrected chi connectivity index (χ0v) is 24.7. The van der Waals surface area contributed by atoms with Crippen LogP contribution in [0, 0.1) is 10.1 Å². The number of nitrogens with zero attached hydrogens (tertiary/aromatic N) is 5. The number of nitro benzene ring substituents is 1. The number of anilines is 2. The van der Waals surface area contributed by atoms with E-state index in [1.165, 1.54) is 29.5 Å². The molecule has 2 heterocycles. The Morgan fingerprint density at radius 2 is 1.58 bits per heavy atom. The van der Waals surface area contributed by atoms with Gasteiger partial charge in [-0.15, -0.1) is 0 Å². The van der Waals surface area contributed by atoms with E-state index in [9.17, 15) is 14.9 Å². The van der Waals surface area contributed by atoms with E-state index in [2.05, 4.69) is 38.1 Å². The van der Waals surface area contributed by atoms with E-state index in [0.29, 0.717) is 11.6 Å². The summed E-state index contributed by atoms with van der Waals surface area (Å²) in [6, 6.07) is 32.1. The van der Waals surface area contributed by atoms with Crippen molar-refractivity contribution in [3.8, 4) is 0 Å². The molecule has 2 aliphatic rings. The number of hydrogen-bond acceptors (Lipinski definition) is 9. The average molecular weight is 592 g/mol. The predicted octanol–water partition coefficient (Wildman–Crippen LogP) is 7.23. The van der Waals surface area contributed by atoms with E-state index in [0.717, 1.165) is 28.1 Å². The van der Waals surface area contributed by atoms with Crippen LogP contribution in [0.1, 0.15) is 48.9 Å². The number of thioether (sulfide) groups is 1. The van der Waals surface area contributed by atoms with Crippen LogP contribution < -0.4 is 10.0 Å². The summed E-state index contributed by atoms with van der Waals surface area (Å²) in [6.07, 6.45) is 0. The van der Waals surface area contributed by atoms with Crippen molar-refractivity contribution in [1.82, 2.24) is 0 Å². The summed E-state index contributed by atoms with van der Waals surface area (Å²) in [5, 5.41) is 25.4. The SMILES string of the molecule is CCOC(=O)C1=NN(c2cccc([N+](=O)[O-])c2)[C@]2(S1)c1ccccc1C(c1ccc(C(C)C)cc1)=NN2c1ccccc1. The number of fused-ring (bicyclic) bond motifs is 2. The fourth-order valence-electron chi connectivity index (χ4n) is 5.26. The van der Waals surface area contributed by atoms with E-state index in [1.807, 2.05) is 59.6 Å². The predicted molar refractivity (Wildman–Crippen MR) is 170 cm³/mol. The van der Waals surface area contributed by atoms with Crippen LogP contribution in [0.2, 0.25) is 0 Å². The third-order valence-electron chi connectivity index (χ3n) is 7.32. The minimum atomic E-state index is -1.25. The number of hydrogen-bond donors (Lipinski definition) is 0. The molecule has 6 rings (SSSR count). The molecule has 4 aromatic carbocycles. The quantitative estimate of drug-likeness (QED) is 0.127. The molecule has 4 aromatic rings. The minimum Gasteiger partial charge on any atom is -0.461 e. The lowest BCUT2D eigenvalue weighted by atomic mass is 9.92. The molecule has 43 heavy (non-hydrogen) atoms. The number of para-hydroxylation sites is 1. The van der Waals surface area contributed by atoms with Crippen LogP contribution >= 0.6 is 11.8 Å². The molecule has 0 N–H and O–H groups in total. The van der Waals surface area contributed by atoms with Crippen LogP contribution in [-0.4, -0.2) is 28.3 Å². The summed E-state index contributed by atoms with van der Waals surface area (Å²) >= 11 is 1.20. The maximum absolute atomic E-state index is 13.2. The van der Waals surface area contributed by atoms with Crippen molar-refractivity contribution in [3.05, 3.63) is 135 Å². The fourth-order valence-corrected chi connectivity index (χ4v) is 6.54. The molecule has 1 spiro atoms. The van der Waals surface area contributed by atoms with Gasteiger partial charge in [0, 0.05) is 28.8 Å². The van der Waals surface area contributed by atoms with Crippen molar-refractivity contribution >= 4 is 45.5 Å². The number of non-ortho nitro benzene ring substituents is 1. The number of benzene rings is 4. The summed E-state index contributed by atoms with van der Waals surface area (Å²) < 4.78 is 5.38. The molecule has 0 radical (unpaired) electrons. The Hall–Kier alpha value is -4.96. The van der Waals surface area contributed by atoms with Gasteiger partial charge in [-0.25, -0.2) is 14.8 Å². The molecule has 0 aliphatic carbocycles. The lowest BCUT2D eigenvalue weighted by Gasteiger charge is -2.47. The van der Waals surface area contributed by atoms with E-state index in [4.69, 9.17) is 14.9 Å². The monoisotopic (exact) mass is 591 g/mol. The molecule has 0 unspecified atom stereocenters. The highest BCUT2D eigenvalue weighted by Gasteiger charge is 2.56. The Morgan fingerprint density at radius 1 is 0.907 bits per heavy atom. The van der Waals surface area contributed by atoms with Crippen LogP contribution in [-0.2, 0) is 14.5 Å². The molecule has 0 aromatic heterocycles. The molecule has 1 atom stereocenters. The number of rotatable bonds is 7. The van der Waals surface area contributed by atoms with Crippen molar-refractivity contribution in [2.45, 2.75) is 31.7 Å². The largest absolute Gasteiger partial charge is 0.461 e. The Kier molecular flexibility index (Phi) is 7.45. The van der Waals surface area contributed by atoms with Gasteiger partial charge < -0.3 is 4.74 Å². The number of esters is 1. The second-order valence-electron chi connectivity index (χ2n) is 10.3. The number of ether oxygens (including phenoxy) is 1. The van der Waals surface area contributed by atoms with Crippen LogP contribution in [0.15, 0.2) is 113 Å². The Morgan fingerprint density at radius 3 is 2.28 bits per heavy atom. The summed E-state index contributed by atoms with van der Waals surface area (Å²) in [6.45, 7) is 6.23. The summed E-state index contributed by atoms with van der Waals surface area (Å²) in [5.41, 5.74) is 5.66. The van der Waals surface area contributed by atoms with Crippen molar-refractivity contribution in [2.75, 3.05) is 16.6 Å².